The molecule has 1 fully saturated rings. The monoisotopic (exact) mass is 438 g/mol. The van der Waals surface area contributed by atoms with Crippen molar-refractivity contribution in [2.75, 3.05) is 23.3 Å². The molecule has 2 aromatic carbocycles. The maximum absolute atomic E-state index is 11.5. The van der Waals surface area contributed by atoms with E-state index in [1.54, 1.807) is 6.20 Å². The Kier molecular flexibility index (Phi) is 5.85. The van der Waals surface area contributed by atoms with Crippen LogP contribution < -0.4 is 16.0 Å². The van der Waals surface area contributed by atoms with Crippen molar-refractivity contribution < 1.29 is 4.79 Å². The van der Waals surface area contributed by atoms with Crippen LogP contribution in [-0.4, -0.2) is 33.9 Å². The topological polar surface area (TPSA) is 97.0 Å². The maximum atomic E-state index is 11.5. The number of fused-ring (bicyclic) bond motifs is 1. The molecule has 2 aromatic heterocycles. The van der Waals surface area contributed by atoms with Crippen molar-refractivity contribution in [3.63, 3.8) is 0 Å². The number of amides is 1. The zero-order chi connectivity index (χ0) is 22.6. The summed E-state index contributed by atoms with van der Waals surface area (Å²) in [6.45, 7) is 2.08. The van der Waals surface area contributed by atoms with Gasteiger partial charge in [0, 0.05) is 48.3 Å². The highest BCUT2D eigenvalue weighted by Gasteiger charge is 2.25. The smallest absolute Gasteiger partial charge is 0.224 e. The highest BCUT2D eigenvalue weighted by Crippen LogP contribution is 2.28. The van der Waals surface area contributed by atoms with E-state index in [-0.39, 0.29) is 11.8 Å². The summed E-state index contributed by atoms with van der Waals surface area (Å²) >= 11 is 0. The Morgan fingerprint density at radius 3 is 2.52 bits per heavy atom. The van der Waals surface area contributed by atoms with Crippen molar-refractivity contribution in [2.45, 2.75) is 19.4 Å². The van der Waals surface area contributed by atoms with Gasteiger partial charge < -0.3 is 16.0 Å². The molecular formula is C26H26N6O. The fraction of sp³-hybridized carbons (Fsp3) is 0.231. The molecule has 5 rings (SSSR count). The van der Waals surface area contributed by atoms with Crippen molar-refractivity contribution >= 4 is 28.6 Å². The number of pyridine rings is 1. The summed E-state index contributed by atoms with van der Waals surface area (Å²) < 4.78 is 0. The summed E-state index contributed by atoms with van der Waals surface area (Å²) in [6.07, 6.45) is 3.32. The highest BCUT2D eigenvalue weighted by atomic mass is 16.1. The molecule has 1 aliphatic rings. The van der Waals surface area contributed by atoms with Crippen LogP contribution >= 0.6 is 0 Å². The predicted molar refractivity (Wildman–Crippen MR) is 131 cm³/mol. The molecule has 33 heavy (non-hydrogen) atoms. The van der Waals surface area contributed by atoms with Crippen molar-refractivity contribution in [1.29, 1.82) is 0 Å². The van der Waals surface area contributed by atoms with E-state index in [4.69, 9.17) is 15.7 Å². The number of para-hydroxylation sites is 1. The van der Waals surface area contributed by atoms with Crippen molar-refractivity contribution in [2.24, 2.45) is 11.7 Å². The molecule has 0 unspecified atom stereocenters. The van der Waals surface area contributed by atoms with Crippen LogP contribution in [0.5, 0.6) is 0 Å². The van der Waals surface area contributed by atoms with E-state index in [1.807, 2.05) is 42.5 Å². The normalized spacial score (nSPS) is 14.4. The van der Waals surface area contributed by atoms with E-state index in [1.165, 1.54) is 0 Å². The third-order valence-corrected chi connectivity index (χ3v) is 6.15. The number of nitrogens with two attached hydrogens (primary N) is 1. The molecule has 0 aliphatic carbocycles. The van der Waals surface area contributed by atoms with Crippen LogP contribution in [0, 0.1) is 5.92 Å². The van der Waals surface area contributed by atoms with Crippen LogP contribution in [0.3, 0.4) is 0 Å². The first-order valence-electron chi connectivity index (χ1n) is 11.2. The quantitative estimate of drug-likeness (QED) is 0.472. The van der Waals surface area contributed by atoms with Crippen molar-refractivity contribution in [3.05, 3.63) is 78.5 Å². The fourth-order valence-electron chi connectivity index (χ4n) is 4.37. The second-order valence-electron chi connectivity index (χ2n) is 8.28. The van der Waals surface area contributed by atoms with E-state index in [2.05, 4.69) is 39.5 Å². The van der Waals surface area contributed by atoms with E-state index < -0.39 is 0 Å². The van der Waals surface area contributed by atoms with E-state index in [0.717, 1.165) is 59.5 Å². The first kappa shape index (κ1) is 20.9. The summed E-state index contributed by atoms with van der Waals surface area (Å²) in [7, 11) is 0. The molecule has 7 nitrogen and oxygen atoms in total. The molecule has 3 heterocycles. The molecule has 0 radical (unpaired) electrons. The Morgan fingerprint density at radius 2 is 1.73 bits per heavy atom. The number of aromatic nitrogens is 3. The van der Waals surface area contributed by atoms with Gasteiger partial charge in [-0.1, -0.05) is 54.6 Å². The number of nitrogens with zero attached hydrogens (tertiary/aromatic N) is 4. The molecular weight excluding hydrogens is 412 g/mol. The number of carbonyl (C=O) groups is 1. The van der Waals surface area contributed by atoms with Crippen molar-refractivity contribution in [3.8, 4) is 11.3 Å². The minimum atomic E-state index is -0.208. The molecule has 4 aromatic rings. The Labute approximate surface area is 192 Å². The van der Waals surface area contributed by atoms with Crippen LogP contribution in [0.2, 0.25) is 0 Å². The number of rotatable bonds is 6. The van der Waals surface area contributed by atoms with E-state index in [9.17, 15) is 4.79 Å². The minimum Gasteiger partial charge on any atom is -0.369 e. The van der Waals surface area contributed by atoms with Crippen LogP contribution in [0.4, 0.5) is 11.8 Å². The summed E-state index contributed by atoms with van der Waals surface area (Å²) in [4.78, 5) is 28.0. The van der Waals surface area contributed by atoms with Gasteiger partial charge in [0.15, 0.2) is 0 Å². The number of benzene rings is 2. The van der Waals surface area contributed by atoms with Crippen LogP contribution in [0.1, 0.15) is 18.4 Å². The van der Waals surface area contributed by atoms with E-state index >= 15 is 0 Å². The van der Waals surface area contributed by atoms with Crippen LogP contribution in [0.15, 0.2) is 72.9 Å². The van der Waals surface area contributed by atoms with Gasteiger partial charge in [-0.25, -0.2) is 15.0 Å². The lowest BCUT2D eigenvalue weighted by Gasteiger charge is -2.32. The number of primary amides is 1. The maximum Gasteiger partial charge on any atom is 0.224 e. The molecule has 1 aliphatic heterocycles. The first-order chi connectivity index (χ1) is 16.2. The third kappa shape index (κ3) is 4.48. The van der Waals surface area contributed by atoms with Crippen molar-refractivity contribution in [1.82, 2.24) is 15.0 Å². The number of hydrogen-bond acceptors (Lipinski definition) is 6. The number of nitrogens with one attached hydrogen (secondary N) is 1. The second kappa shape index (κ2) is 9.24. The predicted octanol–water partition coefficient (Wildman–Crippen LogP) is 4.01. The molecule has 0 atom stereocenters. The molecule has 166 valence electrons. The lowest BCUT2D eigenvalue weighted by Crippen LogP contribution is -2.39. The largest absolute Gasteiger partial charge is 0.369 e. The number of anilines is 2. The Bertz CT molecular complexity index is 1270. The molecule has 1 amide bonds. The molecule has 1 saturated heterocycles. The van der Waals surface area contributed by atoms with Gasteiger partial charge in [-0.3, -0.25) is 4.79 Å². The Hall–Kier alpha value is -4.00. The van der Waals surface area contributed by atoms with Gasteiger partial charge in [-0.2, -0.15) is 0 Å². The van der Waals surface area contributed by atoms with Gasteiger partial charge in [-0.05, 0) is 25.0 Å². The standard InChI is InChI=1S/C26H26N6O/c27-24(33)19-12-15-32(16-13-19)25-20(9-6-14-28-25)17-29-26-30-22-11-5-4-10-21(22)23(31-26)18-7-2-1-3-8-18/h1-11,14,19H,12-13,15-17H2,(H2,27,33)(H,29,30,31). The first-order valence-corrected chi connectivity index (χ1v) is 11.2. The average Bonchev–Trinajstić information content (AvgIpc) is 2.87. The molecule has 3 N–H and O–H groups in total. The second-order valence-corrected chi connectivity index (χ2v) is 8.28. The summed E-state index contributed by atoms with van der Waals surface area (Å²) in [5.41, 5.74) is 9.41. The molecule has 0 spiro atoms. The van der Waals surface area contributed by atoms with Gasteiger partial charge in [0.25, 0.3) is 0 Å². The van der Waals surface area contributed by atoms with Gasteiger partial charge >= 0.3 is 0 Å². The van der Waals surface area contributed by atoms with Gasteiger partial charge in [-0.15, -0.1) is 0 Å². The van der Waals surface area contributed by atoms with Gasteiger partial charge in [0.1, 0.15) is 5.82 Å². The molecule has 7 heteroatoms. The third-order valence-electron chi connectivity index (χ3n) is 6.15. The minimum absolute atomic E-state index is 0.0473. The average molecular weight is 439 g/mol. The van der Waals surface area contributed by atoms with Gasteiger partial charge in [0.2, 0.25) is 11.9 Å². The summed E-state index contributed by atoms with van der Waals surface area (Å²) in [5, 5.41) is 4.43. The molecule has 0 bridgehead atoms. The van der Waals surface area contributed by atoms with Crippen LogP contribution in [0.25, 0.3) is 22.2 Å². The SMILES string of the molecule is NC(=O)C1CCN(c2ncccc2CNc2nc(-c3ccccc3)c3ccccc3n2)CC1. The number of piperidine rings is 1. The fourth-order valence-corrected chi connectivity index (χ4v) is 4.37. The highest BCUT2D eigenvalue weighted by molar-refractivity contribution is 5.93. The Morgan fingerprint density at radius 1 is 0.970 bits per heavy atom. The number of carbonyl (C=O) groups excluding carboxylic acids is 1. The zero-order valence-corrected chi connectivity index (χ0v) is 18.3. The zero-order valence-electron chi connectivity index (χ0n) is 18.3. The van der Waals surface area contributed by atoms with E-state index in [0.29, 0.717) is 12.5 Å². The lowest BCUT2D eigenvalue weighted by molar-refractivity contribution is -0.122. The molecule has 0 saturated carbocycles. The number of hydrogen-bond donors (Lipinski definition) is 2. The lowest BCUT2D eigenvalue weighted by atomic mass is 9.96. The van der Waals surface area contributed by atoms with Gasteiger partial charge in [0.05, 0.1) is 11.2 Å². The Balaban J connectivity index is 1.40. The summed E-state index contributed by atoms with van der Waals surface area (Å²) in [5.74, 6) is 1.25. The summed E-state index contributed by atoms with van der Waals surface area (Å²) in [6, 6.07) is 22.2. The van der Waals surface area contributed by atoms with Crippen LogP contribution in [-0.2, 0) is 11.3 Å².